The Hall–Kier alpha value is -3.21. The average Bonchev–Trinajstić information content (AvgIpc) is 2.68. The predicted molar refractivity (Wildman–Crippen MR) is 113 cm³/mol. The van der Waals surface area contributed by atoms with Crippen molar-refractivity contribution in [1.82, 2.24) is 15.3 Å². The Bertz CT molecular complexity index is 954. The molecule has 1 atom stereocenters. The van der Waals surface area contributed by atoms with E-state index >= 15 is 0 Å². The van der Waals surface area contributed by atoms with E-state index in [2.05, 4.69) is 40.5 Å². The summed E-state index contributed by atoms with van der Waals surface area (Å²) in [4.78, 5) is 21.6. The van der Waals surface area contributed by atoms with Gasteiger partial charge in [-0.3, -0.25) is 4.79 Å². The van der Waals surface area contributed by atoms with Gasteiger partial charge < -0.3 is 10.6 Å². The molecule has 1 unspecified atom stereocenters. The Balaban J connectivity index is 1.81. The van der Waals surface area contributed by atoms with Gasteiger partial charge >= 0.3 is 0 Å². The first-order valence-corrected chi connectivity index (χ1v) is 9.51. The minimum absolute atomic E-state index is 0.109. The van der Waals surface area contributed by atoms with E-state index in [0.717, 1.165) is 16.9 Å². The maximum atomic E-state index is 12.7. The van der Waals surface area contributed by atoms with E-state index in [-0.39, 0.29) is 11.9 Å². The molecule has 0 aliphatic carbocycles. The second-order valence-electron chi connectivity index (χ2n) is 7.19. The fourth-order valence-corrected chi connectivity index (χ4v) is 3.07. The molecule has 5 heteroatoms. The van der Waals surface area contributed by atoms with Crippen molar-refractivity contribution < 1.29 is 4.79 Å². The van der Waals surface area contributed by atoms with Crippen LogP contribution in [0.5, 0.6) is 0 Å². The number of carbonyl (C=O) groups is 1. The average molecular weight is 374 g/mol. The van der Waals surface area contributed by atoms with E-state index in [9.17, 15) is 4.79 Å². The minimum Gasteiger partial charge on any atom is -0.344 e. The zero-order chi connectivity index (χ0) is 20.1. The van der Waals surface area contributed by atoms with Crippen LogP contribution in [0.25, 0.3) is 0 Å². The van der Waals surface area contributed by atoms with Gasteiger partial charge in [-0.25, -0.2) is 9.97 Å². The van der Waals surface area contributed by atoms with Crippen molar-refractivity contribution >= 4 is 17.5 Å². The normalized spacial score (nSPS) is 11.9. The number of hydrogen-bond donors (Lipinski definition) is 2. The number of rotatable bonds is 6. The van der Waals surface area contributed by atoms with Crippen LogP contribution in [0.15, 0.2) is 60.7 Å². The van der Waals surface area contributed by atoms with Crippen molar-refractivity contribution in [2.45, 2.75) is 39.7 Å². The van der Waals surface area contributed by atoms with Crippen LogP contribution in [0.1, 0.15) is 60.0 Å². The van der Waals surface area contributed by atoms with Crippen LogP contribution in [-0.4, -0.2) is 15.9 Å². The molecule has 2 aromatic carbocycles. The fraction of sp³-hybridized carbons (Fsp3) is 0.261. The van der Waals surface area contributed by atoms with E-state index < -0.39 is 0 Å². The number of carbonyl (C=O) groups excluding carboxylic acids is 1. The van der Waals surface area contributed by atoms with Crippen molar-refractivity contribution in [3.05, 3.63) is 83.2 Å². The van der Waals surface area contributed by atoms with E-state index in [0.29, 0.717) is 17.6 Å². The first kappa shape index (κ1) is 19.5. The summed E-state index contributed by atoms with van der Waals surface area (Å²) < 4.78 is 0. The van der Waals surface area contributed by atoms with E-state index in [1.54, 1.807) is 6.07 Å². The van der Waals surface area contributed by atoms with Crippen LogP contribution in [0.3, 0.4) is 0 Å². The van der Waals surface area contributed by atoms with Crippen LogP contribution in [0, 0.1) is 6.92 Å². The summed E-state index contributed by atoms with van der Waals surface area (Å²) in [6, 6.07) is 19.5. The summed E-state index contributed by atoms with van der Waals surface area (Å²) in [5.41, 5.74) is 4.26. The van der Waals surface area contributed by atoms with E-state index in [1.165, 1.54) is 5.56 Å². The largest absolute Gasteiger partial charge is 0.344 e. The lowest BCUT2D eigenvalue weighted by Crippen LogP contribution is -2.27. The first-order valence-electron chi connectivity index (χ1n) is 9.51. The fourth-order valence-electron chi connectivity index (χ4n) is 3.07. The minimum atomic E-state index is -0.220. The van der Waals surface area contributed by atoms with Gasteiger partial charge in [0.25, 0.3) is 5.91 Å². The molecule has 1 amide bonds. The van der Waals surface area contributed by atoms with E-state index in [4.69, 9.17) is 0 Å². The number of hydrogen-bond acceptors (Lipinski definition) is 4. The van der Waals surface area contributed by atoms with Gasteiger partial charge in [0.15, 0.2) is 0 Å². The predicted octanol–water partition coefficient (Wildman–Crippen LogP) is 5.14. The first-order chi connectivity index (χ1) is 13.4. The molecule has 0 aliphatic rings. The molecule has 1 aromatic heterocycles. The number of anilines is 2. The molecule has 5 nitrogen and oxygen atoms in total. The van der Waals surface area contributed by atoms with Crippen LogP contribution in [-0.2, 0) is 0 Å². The smallest absolute Gasteiger partial charge is 0.270 e. The van der Waals surface area contributed by atoms with Gasteiger partial charge in [-0.1, -0.05) is 62.4 Å². The lowest BCUT2D eigenvalue weighted by Gasteiger charge is -2.16. The third kappa shape index (κ3) is 4.74. The van der Waals surface area contributed by atoms with Gasteiger partial charge in [-0.15, -0.1) is 0 Å². The summed E-state index contributed by atoms with van der Waals surface area (Å²) in [7, 11) is 0. The molecule has 0 bridgehead atoms. The lowest BCUT2D eigenvalue weighted by molar-refractivity contribution is 0.0934. The Labute approximate surface area is 166 Å². The maximum Gasteiger partial charge on any atom is 0.270 e. The molecule has 0 aliphatic heterocycles. The Morgan fingerprint density at radius 1 is 0.929 bits per heavy atom. The molecule has 144 valence electrons. The van der Waals surface area contributed by atoms with Crippen molar-refractivity contribution in [1.29, 1.82) is 0 Å². The van der Waals surface area contributed by atoms with Crippen LogP contribution >= 0.6 is 0 Å². The molecule has 2 N–H and O–H groups in total. The molecule has 0 fully saturated rings. The molecule has 0 saturated heterocycles. The van der Waals surface area contributed by atoms with Crippen LogP contribution < -0.4 is 10.6 Å². The van der Waals surface area contributed by atoms with Gasteiger partial charge in [0.2, 0.25) is 5.95 Å². The highest BCUT2D eigenvalue weighted by atomic mass is 16.1. The van der Waals surface area contributed by atoms with Crippen molar-refractivity contribution in [3.8, 4) is 0 Å². The van der Waals surface area contributed by atoms with Crippen LogP contribution in [0.4, 0.5) is 11.6 Å². The van der Waals surface area contributed by atoms with Crippen molar-refractivity contribution in [2.24, 2.45) is 0 Å². The lowest BCUT2D eigenvalue weighted by atomic mass is 10.0. The van der Waals surface area contributed by atoms with Crippen molar-refractivity contribution in [2.75, 3.05) is 5.32 Å². The van der Waals surface area contributed by atoms with E-state index in [1.807, 2.05) is 62.4 Å². The number of para-hydroxylation sites is 1. The molecule has 0 spiro atoms. The highest BCUT2D eigenvalue weighted by molar-refractivity contribution is 5.93. The molecule has 1 heterocycles. The topological polar surface area (TPSA) is 66.9 Å². The zero-order valence-electron chi connectivity index (χ0n) is 16.7. The Morgan fingerprint density at radius 2 is 1.61 bits per heavy atom. The number of benzene rings is 2. The third-order valence-corrected chi connectivity index (χ3v) is 4.56. The SMILES string of the molecule is Cc1cc(C(=O)NC(C)c2ccccc2)nc(Nc2ccccc2C(C)C)n1. The summed E-state index contributed by atoms with van der Waals surface area (Å²) in [5.74, 6) is 0.565. The highest BCUT2D eigenvalue weighted by Gasteiger charge is 2.15. The zero-order valence-corrected chi connectivity index (χ0v) is 16.7. The second-order valence-corrected chi connectivity index (χ2v) is 7.19. The summed E-state index contributed by atoms with van der Waals surface area (Å²) in [5, 5.41) is 6.28. The highest BCUT2D eigenvalue weighted by Crippen LogP contribution is 2.26. The Morgan fingerprint density at radius 3 is 2.32 bits per heavy atom. The summed E-state index contributed by atoms with van der Waals surface area (Å²) >= 11 is 0. The molecule has 0 saturated carbocycles. The van der Waals surface area contributed by atoms with Gasteiger partial charge in [0.1, 0.15) is 5.69 Å². The van der Waals surface area contributed by atoms with Crippen molar-refractivity contribution in [3.63, 3.8) is 0 Å². The molecule has 28 heavy (non-hydrogen) atoms. The van der Waals surface area contributed by atoms with Gasteiger partial charge in [0.05, 0.1) is 6.04 Å². The standard InChI is InChI=1S/C23H26N4O/c1-15(2)19-12-8-9-13-20(19)26-23-24-16(3)14-21(27-23)22(28)25-17(4)18-10-6-5-7-11-18/h5-15,17H,1-4H3,(H,25,28)(H,24,26,27). The maximum absolute atomic E-state index is 12.7. The number of amides is 1. The molecular formula is C23H26N4O. The van der Waals surface area contributed by atoms with Gasteiger partial charge in [0, 0.05) is 11.4 Å². The molecular weight excluding hydrogens is 348 g/mol. The molecule has 0 radical (unpaired) electrons. The van der Waals surface area contributed by atoms with Crippen LogP contribution in [0.2, 0.25) is 0 Å². The quantitative estimate of drug-likeness (QED) is 0.627. The second kappa shape index (κ2) is 8.65. The van der Waals surface area contributed by atoms with Gasteiger partial charge in [-0.2, -0.15) is 0 Å². The number of aryl methyl sites for hydroxylation is 1. The summed E-state index contributed by atoms with van der Waals surface area (Å²) in [6.07, 6.45) is 0. The number of aromatic nitrogens is 2. The molecule has 3 rings (SSSR count). The van der Waals surface area contributed by atoms with Gasteiger partial charge in [-0.05, 0) is 43.0 Å². The number of nitrogens with zero attached hydrogens (tertiary/aromatic N) is 2. The monoisotopic (exact) mass is 374 g/mol. The third-order valence-electron chi connectivity index (χ3n) is 4.56. The molecule has 3 aromatic rings. The number of nitrogens with one attached hydrogen (secondary N) is 2. The Kier molecular flexibility index (Phi) is 6.04. The summed E-state index contributed by atoms with van der Waals surface area (Å²) in [6.45, 7) is 8.10.